The van der Waals surface area contributed by atoms with Gasteiger partial charge in [0.15, 0.2) is 17.4 Å². The van der Waals surface area contributed by atoms with E-state index in [0.29, 0.717) is 31.5 Å². The summed E-state index contributed by atoms with van der Waals surface area (Å²) in [6.45, 7) is 0.705. The molecule has 0 aliphatic carbocycles. The van der Waals surface area contributed by atoms with Crippen LogP contribution in [0.2, 0.25) is 0 Å². The molecule has 104 valence electrons. The molecule has 0 radical (unpaired) electrons. The second kappa shape index (κ2) is 5.28. The van der Waals surface area contributed by atoms with Crippen LogP contribution in [0.5, 0.6) is 5.75 Å². The number of rotatable bonds is 2. The minimum atomic E-state index is -1.70. The largest absolute Gasteiger partial charge is 0.503 e. The van der Waals surface area contributed by atoms with E-state index in [4.69, 9.17) is 16.7 Å². The van der Waals surface area contributed by atoms with Crippen LogP contribution in [0.1, 0.15) is 16.8 Å². The van der Waals surface area contributed by atoms with E-state index in [1.165, 1.54) is 4.90 Å². The van der Waals surface area contributed by atoms with Gasteiger partial charge in [-0.25, -0.2) is 8.78 Å². The fourth-order valence-corrected chi connectivity index (χ4v) is 2.31. The highest BCUT2D eigenvalue weighted by molar-refractivity contribution is 6.18. The molecular formula is C12H11ClF3NO2. The number of carbonyl (C=O) groups excluding carboxylic acids is 1. The van der Waals surface area contributed by atoms with Crippen LogP contribution < -0.4 is 0 Å². The first-order valence-electron chi connectivity index (χ1n) is 5.67. The normalized spacial score (nSPS) is 18.9. The quantitative estimate of drug-likeness (QED) is 0.672. The van der Waals surface area contributed by atoms with Crippen molar-refractivity contribution < 1.29 is 23.1 Å². The predicted molar refractivity (Wildman–Crippen MR) is 62.7 cm³/mol. The molecule has 1 aromatic carbocycles. The lowest BCUT2D eigenvalue weighted by Crippen LogP contribution is -2.29. The number of alkyl halides is 1. The van der Waals surface area contributed by atoms with Gasteiger partial charge in [0.25, 0.3) is 5.91 Å². The number of nitrogens with zero attached hydrogens (tertiary/aromatic N) is 1. The molecule has 1 N–H and O–H groups in total. The predicted octanol–water partition coefficient (Wildman–Crippen LogP) is 2.51. The maximum Gasteiger partial charge on any atom is 0.257 e. The van der Waals surface area contributed by atoms with Gasteiger partial charge in [-0.2, -0.15) is 4.39 Å². The molecule has 7 heteroatoms. The Labute approximate surface area is 112 Å². The maximum atomic E-state index is 13.6. The third-order valence-electron chi connectivity index (χ3n) is 3.15. The number of carbonyl (C=O) groups is 1. The fourth-order valence-electron chi connectivity index (χ4n) is 2.06. The molecule has 1 saturated heterocycles. The summed E-state index contributed by atoms with van der Waals surface area (Å²) in [5, 5.41) is 9.08. The molecule has 1 atom stereocenters. The number of phenolic OH excluding ortho intramolecular Hbond substituents is 1. The summed E-state index contributed by atoms with van der Waals surface area (Å²) < 4.78 is 39.6. The number of hydrogen-bond acceptors (Lipinski definition) is 2. The summed E-state index contributed by atoms with van der Waals surface area (Å²) in [4.78, 5) is 13.3. The third-order valence-corrected chi connectivity index (χ3v) is 3.59. The van der Waals surface area contributed by atoms with Crippen molar-refractivity contribution in [2.75, 3.05) is 19.0 Å². The topological polar surface area (TPSA) is 40.5 Å². The summed E-state index contributed by atoms with van der Waals surface area (Å²) in [5.74, 6) is -6.39. The Balaban J connectivity index is 2.30. The van der Waals surface area contributed by atoms with Crippen molar-refractivity contribution in [2.24, 2.45) is 5.92 Å². The Kier molecular flexibility index (Phi) is 3.89. The molecule has 1 aromatic rings. The van der Waals surface area contributed by atoms with Gasteiger partial charge in [0, 0.05) is 19.0 Å². The molecule has 0 aromatic heterocycles. The van der Waals surface area contributed by atoms with E-state index < -0.39 is 34.7 Å². The average molecular weight is 294 g/mol. The number of hydrogen-bond donors (Lipinski definition) is 1. The lowest BCUT2D eigenvalue weighted by atomic mass is 10.1. The van der Waals surface area contributed by atoms with Crippen LogP contribution >= 0.6 is 11.6 Å². The standard InChI is InChI=1S/C12H11ClF3NO2/c13-4-6-1-2-17(5-6)12(19)7-3-8(14)10(16)11(18)9(7)15/h3,6,18H,1-2,4-5H2. The van der Waals surface area contributed by atoms with Gasteiger partial charge in [0.1, 0.15) is 0 Å². The molecule has 19 heavy (non-hydrogen) atoms. The third kappa shape index (κ3) is 2.49. The Morgan fingerprint density at radius 3 is 2.68 bits per heavy atom. The van der Waals surface area contributed by atoms with Gasteiger partial charge in [0.2, 0.25) is 5.82 Å². The molecule has 0 bridgehead atoms. The molecule has 1 amide bonds. The summed E-state index contributed by atoms with van der Waals surface area (Å²) in [6.07, 6.45) is 0.673. The van der Waals surface area contributed by atoms with E-state index in [1.807, 2.05) is 0 Å². The van der Waals surface area contributed by atoms with Gasteiger partial charge in [-0.1, -0.05) is 0 Å². The van der Waals surface area contributed by atoms with Crippen LogP contribution in [0.25, 0.3) is 0 Å². The summed E-state index contributed by atoms with van der Waals surface area (Å²) in [5.41, 5.74) is -0.674. The van der Waals surface area contributed by atoms with Gasteiger partial charge >= 0.3 is 0 Å². The van der Waals surface area contributed by atoms with Gasteiger partial charge in [-0.05, 0) is 18.4 Å². The number of likely N-dealkylation sites (tertiary alicyclic amines) is 1. The number of benzene rings is 1. The highest BCUT2D eigenvalue weighted by Crippen LogP contribution is 2.28. The Hall–Kier alpha value is -1.43. The van der Waals surface area contributed by atoms with Crippen molar-refractivity contribution in [2.45, 2.75) is 6.42 Å². The van der Waals surface area contributed by atoms with Crippen molar-refractivity contribution in [1.82, 2.24) is 4.90 Å². The zero-order valence-electron chi connectivity index (χ0n) is 9.80. The zero-order valence-corrected chi connectivity index (χ0v) is 10.6. The summed E-state index contributed by atoms with van der Waals surface area (Å²) in [7, 11) is 0. The van der Waals surface area contributed by atoms with Crippen LogP contribution in [0, 0.1) is 23.4 Å². The molecule has 0 saturated carbocycles. The minimum Gasteiger partial charge on any atom is -0.503 e. The molecular weight excluding hydrogens is 283 g/mol. The van der Waals surface area contributed by atoms with Gasteiger partial charge in [0.05, 0.1) is 5.56 Å². The number of phenols is 1. The van der Waals surface area contributed by atoms with Crippen molar-refractivity contribution in [1.29, 1.82) is 0 Å². The SMILES string of the molecule is O=C(c1cc(F)c(F)c(O)c1F)N1CCC(CCl)C1. The van der Waals surface area contributed by atoms with Crippen LogP contribution in [0.3, 0.4) is 0 Å². The second-order valence-corrected chi connectivity index (χ2v) is 4.75. The van der Waals surface area contributed by atoms with Gasteiger partial charge < -0.3 is 10.0 Å². The Bertz CT molecular complexity index is 524. The summed E-state index contributed by atoms with van der Waals surface area (Å²) >= 11 is 5.66. The number of halogens is 4. The molecule has 1 unspecified atom stereocenters. The first kappa shape index (κ1) is 14.0. The van der Waals surface area contributed by atoms with E-state index in [1.54, 1.807) is 0 Å². The smallest absolute Gasteiger partial charge is 0.257 e. The van der Waals surface area contributed by atoms with E-state index in [9.17, 15) is 18.0 Å². The highest BCUT2D eigenvalue weighted by atomic mass is 35.5. The summed E-state index contributed by atoms with van der Waals surface area (Å²) in [6, 6.07) is 0.459. The van der Waals surface area contributed by atoms with Crippen molar-refractivity contribution >= 4 is 17.5 Å². The van der Waals surface area contributed by atoms with Crippen LogP contribution in [-0.4, -0.2) is 34.9 Å². The Morgan fingerprint density at radius 2 is 2.11 bits per heavy atom. The highest BCUT2D eigenvalue weighted by Gasteiger charge is 2.30. The van der Waals surface area contributed by atoms with Crippen molar-refractivity contribution in [3.8, 4) is 5.75 Å². The van der Waals surface area contributed by atoms with Crippen LogP contribution in [0.15, 0.2) is 6.07 Å². The fraction of sp³-hybridized carbons (Fsp3) is 0.417. The number of amides is 1. The molecule has 1 heterocycles. The van der Waals surface area contributed by atoms with E-state index >= 15 is 0 Å². The first-order chi connectivity index (χ1) is 8.95. The average Bonchev–Trinajstić information content (AvgIpc) is 2.88. The molecule has 0 spiro atoms. The number of aromatic hydroxyl groups is 1. The second-order valence-electron chi connectivity index (χ2n) is 4.44. The lowest BCUT2D eigenvalue weighted by Gasteiger charge is -2.17. The molecule has 1 aliphatic heterocycles. The van der Waals surface area contributed by atoms with Crippen molar-refractivity contribution in [3.63, 3.8) is 0 Å². The van der Waals surface area contributed by atoms with Crippen LogP contribution in [0.4, 0.5) is 13.2 Å². The van der Waals surface area contributed by atoms with E-state index in [-0.39, 0.29) is 5.92 Å². The minimum absolute atomic E-state index is 0.104. The monoisotopic (exact) mass is 293 g/mol. The van der Waals surface area contributed by atoms with Crippen LogP contribution in [-0.2, 0) is 0 Å². The molecule has 3 nitrogen and oxygen atoms in total. The molecule has 1 fully saturated rings. The molecule has 1 aliphatic rings. The zero-order chi connectivity index (χ0) is 14.2. The van der Waals surface area contributed by atoms with E-state index in [0.717, 1.165) is 0 Å². The van der Waals surface area contributed by atoms with Gasteiger partial charge in [-0.3, -0.25) is 4.79 Å². The van der Waals surface area contributed by atoms with E-state index in [2.05, 4.69) is 0 Å². The first-order valence-corrected chi connectivity index (χ1v) is 6.20. The Morgan fingerprint density at radius 1 is 1.42 bits per heavy atom. The van der Waals surface area contributed by atoms with Crippen molar-refractivity contribution in [3.05, 3.63) is 29.1 Å². The maximum absolute atomic E-state index is 13.6. The van der Waals surface area contributed by atoms with Gasteiger partial charge in [-0.15, -0.1) is 11.6 Å². The lowest BCUT2D eigenvalue weighted by molar-refractivity contribution is 0.0781. The molecule has 2 rings (SSSR count).